The van der Waals surface area contributed by atoms with Gasteiger partial charge in [0, 0.05) is 12.8 Å². The Morgan fingerprint density at radius 2 is 1.08 bits per heavy atom. The second-order valence-corrected chi connectivity index (χ2v) is 17.5. The Morgan fingerprint density at radius 1 is 0.578 bits per heavy atom. The molecule has 0 spiro atoms. The number of ether oxygens (including phenoxy) is 2. The van der Waals surface area contributed by atoms with E-state index in [1.165, 1.54) is 31.8 Å². The lowest BCUT2D eigenvalue weighted by molar-refractivity contribution is -0.220. The molecular weight excluding hydrogens is 843 g/mol. The van der Waals surface area contributed by atoms with Crippen LogP contribution in [-0.4, -0.2) is 110 Å². The van der Waals surface area contributed by atoms with E-state index in [-0.39, 0.29) is 19.3 Å². The summed E-state index contributed by atoms with van der Waals surface area (Å²) in [5.74, 6) is -1.39. The van der Waals surface area contributed by atoms with Gasteiger partial charge in [0.15, 0.2) is 6.10 Å². The van der Waals surface area contributed by atoms with Crippen LogP contribution in [0.4, 0.5) is 0 Å². The van der Waals surface area contributed by atoms with E-state index < -0.39 is 81.8 Å². The number of unbranched alkanes of at least 4 members (excludes halogenated alkanes) is 11. The van der Waals surface area contributed by atoms with Gasteiger partial charge in [-0.05, 0) is 70.6 Å². The molecule has 1 rings (SSSR count). The minimum atomic E-state index is -5.18. The van der Waals surface area contributed by atoms with Crippen molar-refractivity contribution in [1.82, 2.24) is 0 Å². The third-order valence-corrected chi connectivity index (χ3v) is 11.3. The number of phosphoric ester groups is 1. The fourth-order valence-electron chi connectivity index (χ4n) is 6.51. The molecule has 7 N–H and O–H groups in total. The first-order valence-corrected chi connectivity index (χ1v) is 25.0. The van der Waals surface area contributed by atoms with Crippen LogP contribution in [0, 0.1) is 0 Å². The average Bonchev–Trinajstić information content (AvgIpc) is 3.27. The summed E-state index contributed by atoms with van der Waals surface area (Å²) in [7, 11) is -5.18. The summed E-state index contributed by atoms with van der Waals surface area (Å²) in [4.78, 5) is 35.7. The van der Waals surface area contributed by atoms with E-state index in [9.17, 15) is 49.7 Å². The van der Waals surface area contributed by atoms with Crippen molar-refractivity contribution in [2.24, 2.45) is 0 Å². The van der Waals surface area contributed by atoms with Gasteiger partial charge < -0.3 is 45.0 Å². The molecule has 0 aromatic rings. The average molecular weight is 925 g/mol. The van der Waals surface area contributed by atoms with E-state index in [4.69, 9.17) is 18.5 Å². The summed E-state index contributed by atoms with van der Waals surface area (Å²) in [6, 6.07) is 0. The molecule has 0 saturated heterocycles. The van der Waals surface area contributed by atoms with Gasteiger partial charge in [-0.1, -0.05) is 150 Å². The molecule has 0 aromatic carbocycles. The number of hydrogen-bond acceptors (Lipinski definition) is 13. The van der Waals surface area contributed by atoms with Crippen molar-refractivity contribution in [2.75, 3.05) is 13.2 Å². The SMILES string of the molecule is CC/C=C\C/C=C\C/C=C\C/C=C\C/C=C\C=C/C(O)CCC(=O)OC[C@H](COP(=O)(O)OC1[C@H](O)[C@H](O)C(O)[C@H](O)[C@H]1O)OC(=O)CCCCCCCCC/C=C\CCCCCC. The Morgan fingerprint density at radius 3 is 1.64 bits per heavy atom. The van der Waals surface area contributed by atoms with Crippen molar-refractivity contribution in [2.45, 2.75) is 198 Å². The Labute approximate surface area is 382 Å². The maximum atomic E-state index is 12.8. The predicted octanol–water partition coefficient (Wildman–Crippen LogP) is 8.25. The van der Waals surface area contributed by atoms with Gasteiger partial charge in [-0.15, -0.1) is 0 Å². The fraction of sp³-hybridized carbons (Fsp3) is 0.673. The van der Waals surface area contributed by atoms with Crippen LogP contribution in [0.1, 0.15) is 149 Å². The number of carbonyl (C=O) groups excluding carboxylic acids is 2. The van der Waals surface area contributed by atoms with Gasteiger partial charge in [0.2, 0.25) is 0 Å². The molecule has 15 heteroatoms. The third-order valence-electron chi connectivity index (χ3n) is 10.3. The van der Waals surface area contributed by atoms with Crippen LogP contribution < -0.4 is 0 Å². The predicted molar refractivity (Wildman–Crippen MR) is 250 cm³/mol. The number of rotatable bonds is 37. The Bertz CT molecular complexity index is 1460. The van der Waals surface area contributed by atoms with Crippen LogP contribution in [0.15, 0.2) is 85.1 Å². The first kappa shape index (κ1) is 59.0. The molecule has 14 nitrogen and oxygen atoms in total. The Hall–Kier alpha value is -3.01. The quantitative estimate of drug-likeness (QED) is 0.0102. The molecule has 4 unspecified atom stereocenters. The number of carbonyl (C=O) groups is 2. The maximum absolute atomic E-state index is 12.8. The summed E-state index contributed by atoms with van der Waals surface area (Å²) in [5, 5.41) is 60.5. The lowest BCUT2D eigenvalue weighted by Gasteiger charge is -2.41. The molecular formula is C49H81O14P. The normalized spacial score (nSPS) is 22.8. The first-order valence-electron chi connectivity index (χ1n) is 23.5. The number of hydrogen-bond donors (Lipinski definition) is 7. The van der Waals surface area contributed by atoms with Crippen molar-refractivity contribution in [3.8, 4) is 0 Å². The summed E-state index contributed by atoms with van der Waals surface area (Å²) < 4.78 is 33.3. The zero-order valence-electron chi connectivity index (χ0n) is 38.4. The van der Waals surface area contributed by atoms with Crippen molar-refractivity contribution in [3.63, 3.8) is 0 Å². The van der Waals surface area contributed by atoms with Crippen LogP contribution in [0.25, 0.3) is 0 Å². The largest absolute Gasteiger partial charge is 0.472 e. The van der Waals surface area contributed by atoms with Crippen LogP contribution >= 0.6 is 7.82 Å². The first-order chi connectivity index (χ1) is 30.8. The lowest BCUT2D eigenvalue weighted by Crippen LogP contribution is -2.64. The molecule has 0 radical (unpaired) electrons. The highest BCUT2D eigenvalue weighted by molar-refractivity contribution is 7.47. The van der Waals surface area contributed by atoms with Crippen LogP contribution in [0.3, 0.4) is 0 Å². The molecule has 1 fully saturated rings. The molecule has 1 aliphatic rings. The van der Waals surface area contributed by atoms with E-state index in [1.54, 1.807) is 12.2 Å². The monoisotopic (exact) mass is 925 g/mol. The molecule has 64 heavy (non-hydrogen) atoms. The molecule has 0 heterocycles. The molecule has 9 atom stereocenters. The lowest BCUT2D eigenvalue weighted by atomic mass is 9.85. The zero-order valence-corrected chi connectivity index (χ0v) is 39.3. The van der Waals surface area contributed by atoms with E-state index in [2.05, 4.69) is 68.5 Å². The highest BCUT2D eigenvalue weighted by Crippen LogP contribution is 2.47. The standard InChI is InChI=1S/C49H81O14P/c1-3-5-7-9-11-13-15-17-19-21-22-24-26-28-30-32-34-40(50)36-37-42(51)60-38-41(39-61-64(58,59)63-49-47(56)45(54)44(53)46(55)48(49)57)62-43(52)35-33-31-29-27-25-23-20-18-16-14-12-10-8-6-4-2/h5,7,11,13-14,16-17,19,22,24,28,30,32,34,40-41,44-50,53-57H,3-4,6,8-10,12,15,18,20-21,23,25-27,29,31,33,35-39H2,1-2H3,(H,58,59)/b7-5-,13-11-,16-14-,19-17-,24-22-,30-28-,34-32-/t40?,41-,44?,45-,46+,47-,48-,49?/m1/s1. The summed E-state index contributed by atoms with van der Waals surface area (Å²) in [6.07, 6.45) is 32.4. The van der Waals surface area contributed by atoms with Gasteiger partial charge >= 0.3 is 19.8 Å². The van der Waals surface area contributed by atoms with Crippen molar-refractivity contribution in [3.05, 3.63) is 85.1 Å². The van der Waals surface area contributed by atoms with E-state index in [0.717, 1.165) is 83.5 Å². The van der Waals surface area contributed by atoms with Crippen LogP contribution in [-0.2, 0) is 32.7 Å². The van der Waals surface area contributed by atoms with Gasteiger partial charge in [-0.3, -0.25) is 18.6 Å². The smallest absolute Gasteiger partial charge is 0.462 e. The Kier molecular flexibility index (Phi) is 35.2. The number of phosphoric acid groups is 1. The number of esters is 2. The van der Waals surface area contributed by atoms with E-state index in [0.29, 0.717) is 6.42 Å². The summed E-state index contributed by atoms with van der Waals surface area (Å²) >= 11 is 0. The van der Waals surface area contributed by atoms with E-state index in [1.807, 2.05) is 12.2 Å². The second kappa shape index (κ2) is 38.1. The molecule has 0 aromatic heterocycles. The summed E-state index contributed by atoms with van der Waals surface area (Å²) in [6.45, 7) is 2.95. The van der Waals surface area contributed by atoms with Crippen LogP contribution in [0.2, 0.25) is 0 Å². The van der Waals surface area contributed by atoms with Gasteiger partial charge in [-0.2, -0.15) is 0 Å². The number of aliphatic hydroxyl groups is 6. The topological polar surface area (TPSA) is 230 Å². The molecule has 1 saturated carbocycles. The second-order valence-electron chi connectivity index (χ2n) is 16.1. The summed E-state index contributed by atoms with van der Waals surface area (Å²) in [5.41, 5.74) is 0. The number of allylic oxidation sites excluding steroid dienone is 13. The van der Waals surface area contributed by atoms with Gasteiger partial charge in [0.25, 0.3) is 0 Å². The van der Waals surface area contributed by atoms with Gasteiger partial charge in [-0.25, -0.2) is 4.57 Å². The van der Waals surface area contributed by atoms with E-state index >= 15 is 0 Å². The van der Waals surface area contributed by atoms with Crippen molar-refractivity contribution in [1.29, 1.82) is 0 Å². The van der Waals surface area contributed by atoms with Crippen LogP contribution in [0.5, 0.6) is 0 Å². The minimum Gasteiger partial charge on any atom is -0.462 e. The maximum Gasteiger partial charge on any atom is 0.472 e. The van der Waals surface area contributed by atoms with Crippen molar-refractivity contribution >= 4 is 19.8 Å². The highest BCUT2D eigenvalue weighted by Gasteiger charge is 2.51. The zero-order chi connectivity index (χ0) is 47.3. The molecule has 0 amide bonds. The molecule has 1 aliphatic carbocycles. The Balaban J connectivity index is 2.57. The number of aliphatic hydroxyl groups excluding tert-OH is 6. The minimum absolute atomic E-state index is 0.0371. The van der Waals surface area contributed by atoms with Gasteiger partial charge in [0.1, 0.15) is 43.2 Å². The highest BCUT2D eigenvalue weighted by atomic mass is 31.2. The molecule has 366 valence electrons. The fourth-order valence-corrected chi connectivity index (χ4v) is 7.48. The van der Waals surface area contributed by atoms with Gasteiger partial charge in [0.05, 0.1) is 12.7 Å². The molecule has 0 aliphatic heterocycles. The molecule has 0 bridgehead atoms. The third kappa shape index (κ3) is 30.2. The van der Waals surface area contributed by atoms with Crippen molar-refractivity contribution < 1.29 is 68.2 Å².